The second-order valence-electron chi connectivity index (χ2n) is 4.46. The first-order valence-corrected chi connectivity index (χ1v) is 6.83. The normalized spacial score (nSPS) is 10.7. The zero-order valence-electron chi connectivity index (χ0n) is 10.9. The molecule has 1 aromatic heterocycles. The Morgan fingerprint density at radius 3 is 2.47 bits per heavy atom. The molecule has 0 bridgehead atoms. The van der Waals surface area contributed by atoms with E-state index in [-0.39, 0.29) is 5.84 Å². The maximum Gasteiger partial charge on any atom is 0.193 e. The largest absolute Gasteiger partial charge is 0.382 e. The number of hydrogen-bond donors (Lipinski definition) is 2. The summed E-state index contributed by atoms with van der Waals surface area (Å²) in [6.07, 6.45) is 1.62. The van der Waals surface area contributed by atoms with Crippen molar-refractivity contribution in [3.8, 4) is 0 Å². The Morgan fingerprint density at radius 1 is 1.21 bits per heavy atom. The lowest BCUT2D eigenvalue weighted by Crippen LogP contribution is -2.13. The van der Waals surface area contributed by atoms with Crippen molar-refractivity contribution in [1.29, 1.82) is 5.41 Å². The van der Waals surface area contributed by atoms with Gasteiger partial charge >= 0.3 is 0 Å². The lowest BCUT2D eigenvalue weighted by atomic mass is 10.0. The van der Waals surface area contributed by atoms with Gasteiger partial charge in [-0.2, -0.15) is 0 Å². The highest BCUT2D eigenvalue weighted by Gasteiger charge is 2.05. The van der Waals surface area contributed by atoms with E-state index in [0.717, 1.165) is 4.90 Å². The molecule has 2 aromatic rings. The second kappa shape index (κ2) is 5.84. The van der Waals surface area contributed by atoms with Gasteiger partial charge in [-0.05, 0) is 41.4 Å². The molecule has 2 rings (SSSR count). The molecule has 19 heavy (non-hydrogen) atoms. The molecular weight excluding hydrogens is 256 g/mol. The number of benzene rings is 1. The number of nitrogens with zero attached hydrogens (tertiary/aromatic N) is 2. The molecular formula is C14H16N4S. The average molecular weight is 272 g/mol. The Kier molecular flexibility index (Phi) is 4.16. The van der Waals surface area contributed by atoms with Gasteiger partial charge in [0.05, 0.1) is 0 Å². The van der Waals surface area contributed by atoms with E-state index in [4.69, 9.17) is 11.1 Å². The Morgan fingerprint density at radius 2 is 1.89 bits per heavy atom. The lowest BCUT2D eigenvalue weighted by molar-refractivity contribution is 0.864. The number of nitrogens with two attached hydrogens (primary N) is 1. The number of hydrogen-bond acceptors (Lipinski definition) is 4. The molecule has 1 aromatic carbocycles. The van der Waals surface area contributed by atoms with E-state index < -0.39 is 0 Å². The van der Waals surface area contributed by atoms with Gasteiger partial charge in [0.25, 0.3) is 0 Å². The fourth-order valence-corrected chi connectivity index (χ4v) is 2.31. The van der Waals surface area contributed by atoms with Crippen LogP contribution in [-0.4, -0.2) is 15.8 Å². The first-order chi connectivity index (χ1) is 9.06. The first-order valence-electron chi connectivity index (χ1n) is 6.01. The zero-order chi connectivity index (χ0) is 13.8. The predicted molar refractivity (Wildman–Crippen MR) is 77.7 cm³/mol. The number of nitrogens with one attached hydrogen (secondary N) is 1. The number of aromatic nitrogens is 2. The van der Waals surface area contributed by atoms with Crippen LogP contribution >= 0.6 is 11.8 Å². The maximum atomic E-state index is 7.37. The van der Waals surface area contributed by atoms with Gasteiger partial charge in [0.2, 0.25) is 0 Å². The number of amidine groups is 1. The topological polar surface area (TPSA) is 75.7 Å². The van der Waals surface area contributed by atoms with Crippen LogP contribution in [0.15, 0.2) is 46.6 Å². The summed E-state index contributed by atoms with van der Waals surface area (Å²) in [5.74, 6) is 0.482. The van der Waals surface area contributed by atoms with Crippen LogP contribution in [0.1, 0.15) is 31.0 Å². The second-order valence-corrected chi connectivity index (χ2v) is 5.50. The Bertz CT molecular complexity index is 578. The molecule has 0 atom stereocenters. The van der Waals surface area contributed by atoms with Crippen LogP contribution < -0.4 is 5.73 Å². The van der Waals surface area contributed by atoms with E-state index in [9.17, 15) is 0 Å². The van der Waals surface area contributed by atoms with E-state index in [1.165, 1.54) is 17.3 Å². The molecule has 0 unspecified atom stereocenters. The highest BCUT2D eigenvalue weighted by atomic mass is 32.2. The summed E-state index contributed by atoms with van der Waals surface area (Å²) in [4.78, 5) is 9.48. The molecule has 3 N–H and O–H groups in total. The predicted octanol–water partition coefficient (Wildman–Crippen LogP) is 3.04. The molecule has 0 aliphatic heterocycles. The van der Waals surface area contributed by atoms with Crippen LogP contribution in [0.5, 0.6) is 0 Å². The van der Waals surface area contributed by atoms with E-state index >= 15 is 0 Å². The third-order valence-corrected chi connectivity index (χ3v) is 3.55. The summed E-state index contributed by atoms with van der Waals surface area (Å²) in [6.45, 7) is 4.34. The molecule has 1 heterocycles. The highest BCUT2D eigenvalue weighted by molar-refractivity contribution is 7.99. The molecule has 0 amide bonds. The Balaban J connectivity index is 2.16. The summed E-state index contributed by atoms with van der Waals surface area (Å²) < 4.78 is 0. The number of nitrogen functional groups attached to an aromatic ring is 1. The summed E-state index contributed by atoms with van der Waals surface area (Å²) >= 11 is 1.47. The van der Waals surface area contributed by atoms with Gasteiger partial charge in [0.1, 0.15) is 11.5 Å². The van der Waals surface area contributed by atoms with Gasteiger partial charge in [-0.1, -0.05) is 26.0 Å². The van der Waals surface area contributed by atoms with Crippen molar-refractivity contribution < 1.29 is 0 Å². The van der Waals surface area contributed by atoms with Crippen molar-refractivity contribution in [3.05, 3.63) is 47.8 Å². The number of rotatable bonds is 4. The molecule has 0 spiro atoms. The Labute approximate surface area is 117 Å². The fourth-order valence-electron chi connectivity index (χ4n) is 1.57. The van der Waals surface area contributed by atoms with Gasteiger partial charge in [0, 0.05) is 11.1 Å². The van der Waals surface area contributed by atoms with Gasteiger partial charge in [-0.25, -0.2) is 9.97 Å². The van der Waals surface area contributed by atoms with E-state index in [1.807, 2.05) is 0 Å². The third kappa shape index (κ3) is 3.54. The van der Waals surface area contributed by atoms with Gasteiger partial charge in [0.15, 0.2) is 5.16 Å². The molecule has 0 saturated carbocycles. The SMILES string of the molecule is CC(C)c1ccc(Sc2nccc(C(=N)N)n2)cc1. The van der Waals surface area contributed by atoms with Gasteiger partial charge in [-0.15, -0.1) is 0 Å². The van der Waals surface area contributed by atoms with Crippen molar-refractivity contribution in [2.75, 3.05) is 0 Å². The minimum atomic E-state index is -0.0422. The maximum absolute atomic E-state index is 7.37. The Hall–Kier alpha value is -1.88. The van der Waals surface area contributed by atoms with Crippen LogP contribution in [0.25, 0.3) is 0 Å². The third-order valence-electron chi connectivity index (χ3n) is 2.67. The van der Waals surface area contributed by atoms with E-state index in [1.54, 1.807) is 12.3 Å². The monoisotopic (exact) mass is 272 g/mol. The molecule has 4 nitrogen and oxygen atoms in total. The molecule has 98 valence electrons. The van der Waals surface area contributed by atoms with E-state index in [0.29, 0.717) is 16.8 Å². The summed E-state index contributed by atoms with van der Waals surface area (Å²) in [7, 11) is 0. The zero-order valence-corrected chi connectivity index (χ0v) is 11.7. The molecule has 0 fully saturated rings. The standard InChI is InChI=1S/C14H16N4S/c1-9(2)10-3-5-11(6-4-10)19-14-17-8-7-12(18-14)13(15)16/h3-9H,1-2H3,(H3,15,16). The van der Waals surface area contributed by atoms with Crippen molar-refractivity contribution in [2.45, 2.75) is 29.8 Å². The van der Waals surface area contributed by atoms with Crippen LogP contribution in [0.2, 0.25) is 0 Å². The van der Waals surface area contributed by atoms with Crippen LogP contribution in [0.3, 0.4) is 0 Å². The molecule has 0 radical (unpaired) electrons. The summed E-state index contributed by atoms with van der Waals surface area (Å²) in [5.41, 5.74) is 7.18. The lowest BCUT2D eigenvalue weighted by Gasteiger charge is -2.06. The van der Waals surface area contributed by atoms with Crippen LogP contribution in [0, 0.1) is 5.41 Å². The smallest absolute Gasteiger partial charge is 0.193 e. The van der Waals surface area contributed by atoms with Crippen molar-refractivity contribution in [2.24, 2.45) is 5.73 Å². The molecule has 0 aliphatic carbocycles. The van der Waals surface area contributed by atoms with Crippen molar-refractivity contribution in [1.82, 2.24) is 9.97 Å². The first kappa shape index (κ1) is 13.5. The van der Waals surface area contributed by atoms with Gasteiger partial charge < -0.3 is 5.73 Å². The minimum Gasteiger partial charge on any atom is -0.382 e. The van der Waals surface area contributed by atoms with Crippen LogP contribution in [0.4, 0.5) is 0 Å². The average Bonchev–Trinajstić information content (AvgIpc) is 2.39. The van der Waals surface area contributed by atoms with Crippen LogP contribution in [-0.2, 0) is 0 Å². The molecule has 0 aliphatic rings. The van der Waals surface area contributed by atoms with Gasteiger partial charge in [-0.3, -0.25) is 5.41 Å². The highest BCUT2D eigenvalue weighted by Crippen LogP contribution is 2.26. The minimum absolute atomic E-state index is 0.0422. The van der Waals surface area contributed by atoms with E-state index in [2.05, 4.69) is 48.1 Å². The summed E-state index contributed by atoms with van der Waals surface area (Å²) in [5, 5.41) is 7.97. The molecule has 0 saturated heterocycles. The van der Waals surface area contributed by atoms with Crippen molar-refractivity contribution in [3.63, 3.8) is 0 Å². The quantitative estimate of drug-likeness (QED) is 0.509. The summed E-state index contributed by atoms with van der Waals surface area (Å²) in [6, 6.07) is 9.98. The van der Waals surface area contributed by atoms with Crippen molar-refractivity contribution >= 4 is 17.6 Å². The molecule has 5 heteroatoms. The fraction of sp³-hybridized carbons (Fsp3) is 0.214.